The van der Waals surface area contributed by atoms with Gasteiger partial charge in [-0.25, -0.2) is 9.78 Å². The lowest BCUT2D eigenvalue weighted by molar-refractivity contribution is 0.0692. The zero-order chi connectivity index (χ0) is 18.0. The van der Waals surface area contributed by atoms with Gasteiger partial charge in [0.25, 0.3) is 5.91 Å². The molecule has 9 nitrogen and oxygen atoms in total. The summed E-state index contributed by atoms with van der Waals surface area (Å²) in [5.41, 5.74) is 0.669. The molecule has 11 heteroatoms. The van der Waals surface area contributed by atoms with Crippen LogP contribution in [0, 0.1) is 0 Å². The first-order chi connectivity index (χ1) is 12.0. The van der Waals surface area contributed by atoms with Crippen LogP contribution in [0.25, 0.3) is 11.3 Å². The number of aromatic carboxylic acids is 1. The highest BCUT2D eigenvalue weighted by Crippen LogP contribution is 2.26. The minimum absolute atomic E-state index is 0.00311. The maximum absolute atomic E-state index is 12.3. The molecule has 0 aliphatic heterocycles. The van der Waals surface area contributed by atoms with Crippen molar-refractivity contribution >= 4 is 40.8 Å². The summed E-state index contributed by atoms with van der Waals surface area (Å²) in [5.74, 6) is -2.04. The molecule has 0 aliphatic carbocycles. The Morgan fingerprint density at radius 1 is 1.20 bits per heavy atom. The Bertz CT molecular complexity index is 944. The van der Waals surface area contributed by atoms with Crippen molar-refractivity contribution in [2.75, 3.05) is 5.32 Å². The quantitative estimate of drug-likeness (QED) is 0.593. The maximum Gasteiger partial charge on any atom is 0.356 e. The molecule has 25 heavy (non-hydrogen) atoms. The van der Waals surface area contributed by atoms with Crippen LogP contribution < -0.4 is 5.32 Å². The number of aromatic nitrogens is 5. The smallest absolute Gasteiger partial charge is 0.356 e. The second-order valence-corrected chi connectivity index (χ2v) is 5.47. The Labute approximate surface area is 150 Å². The molecule has 0 aliphatic rings. The number of nitrogens with zero attached hydrogens (tertiary/aromatic N) is 4. The molecule has 0 radical (unpaired) electrons. The molecular formula is C14H8Cl2N6O3. The lowest BCUT2D eigenvalue weighted by Crippen LogP contribution is -2.17. The van der Waals surface area contributed by atoms with E-state index in [0.29, 0.717) is 11.3 Å². The molecule has 1 amide bonds. The fraction of sp³-hybridized carbons (Fsp3) is 0. The number of halogens is 2. The summed E-state index contributed by atoms with van der Waals surface area (Å²) in [5, 5.41) is 25.5. The standard InChI is InChI=1S/C14H8Cl2N6O3/c15-7-3-10(11(14(24)25)20-12(7)16)19-13(23)9-2-1-8(21-22-9)6-4-17-18-5-6/h1-5H,(H,17,18)(H,19,23)(H,24,25). The molecule has 3 aromatic heterocycles. The van der Waals surface area contributed by atoms with Gasteiger partial charge in [0, 0.05) is 11.8 Å². The van der Waals surface area contributed by atoms with Gasteiger partial charge in [-0.3, -0.25) is 9.89 Å². The second kappa shape index (κ2) is 6.83. The largest absolute Gasteiger partial charge is 0.476 e. The van der Waals surface area contributed by atoms with Gasteiger partial charge in [-0.05, 0) is 18.2 Å². The van der Waals surface area contributed by atoms with Gasteiger partial charge in [0.2, 0.25) is 0 Å². The highest BCUT2D eigenvalue weighted by atomic mass is 35.5. The van der Waals surface area contributed by atoms with Crippen LogP contribution in [0.2, 0.25) is 10.2 Å². The Balaban J connectivity index is 1.85. The number of hydrogen-bond donors (Lipinski definition) is 3. The monoisotopic (exact) mass is 378 g/mol. The molecule has 3 rings (SSSR count). The fourth-order valence-corrected chi connectivity index (χ4v) is 2.20. The van der Waals surface area contributed by atoms with Crippen LogP contribution in [0.15, 0.2) is 30.6 Å². The van der Waals surface area contributed by atoms with Crippen LogP contribution in [-0.2, 0) is 0 Å². The first kappa shape index (κ1) is 16.8. The molecule has 3 N–H and O–H groups in total. The van der Waals surface area contributed by atoms with E-state index in [9.17, 15) is 9.59 Å². The van der Waals surface area contributed by atoms with Gasteiger partial charge in [0.05, 0.1) is 22.6 Å². The van der Waals surface area contributed by atoms with E-state index < -0.39 is 17.6 Å². The van der Waals surface area contributed by atoms with Crippen LogP contribution in [0.5, 0.6) is 0 Å². The fourth-order valence-electron chi connectivity index (χ4n) is 1.91. The number of carboxylic acid groups (broad SMARTS) is 1. The summed E-state index contributed by atoms with van der Waals surface area (Å²) in [7, 11) is 0. The van der Waals surface area contributed by atoms with E-state index in [4.69, 9.17) is 28.3 Å². The zero-order valence-corrected chi connectivity index (χ0v) is 13.7. The number of hydrogen-bond acceptors (Lipinski definition) is 6. The van der Waals surface area contributed by atoms with Crippen molar-refractivity contribution in [1.82, 2.24) is 25.4 Å². The normalized spacial score (nSPS) is 10.5. The van der Waals surface area contributed by atoms with Crippen LogP contribution in [0.3, 0.4) is 0 Å². The predicted molar refractivity (Wildman–Crippen MR) is 88.8 cm³/mol. The van der Waals surface area contributed by atoms with Crippen molar-refractivity contribution in [3.8, 4) is 11.3 Å². The Kier molecular flexibility index (Phi) is 4.59. The number of rotatable bonds is 4. The van der Waals surface area contributed by atoms with E-state index in [1.54, 1.807) is 18.5 Å². The van der Waals surface area contributed by atoms with Crippen LogP contribution >= 0.6 is 23.2 Å². The van der Waals surface area contributed by atoms with Gasteiger partial charge < -0.3 is 10.4 Å². The number of aromatic amines is 1. The average molecular weight is 379 g/mol. The van der Waals surface area contributed by atoms with Crippen molar-refractivity contribution in [1.29, 1.82) is 0 Å². The van der Waals surface area contributed by atoms with Gasteiger partial charge in [-0.15, -0.1) is 10.2 Å². The summed E-state index contributed by atoms with van der Waals surface area (Å²) in [4.78, 5) is 27.1. The van der Waals surface area contributed by atoms with Crippen LogP contribution in [0.4, 0.5) is 5.69 Å². The molecule has 0 bridgehead atoms. The lowest BCUT2D eigenvalue weighted by Gasteiger charge is -2.08. The van der Waals surface area contributed by atoms with Crippen LogP contribution in [-0.4, -0.2) is 42.4 Å². The number of carbonyl (C=O) groups is 2. The van der Waals surface area contributed by atoms with E-state index in [2.05, 4.69) is 30.7 Å². The number of carbonyl (C=O) groups excluding carboxylic acids is 1. The molecule has 0 spiro atoms. The van der Waals surface area contributed by atoms with E-state index in [1.807, 2.05) is 0 Å². The van der Waals surface area contributed by atoms with E-state index >= 15 is 0 Å². The highest BCUT2D eigenvalue weighted by Gasteiger charge is 2.19. The molecule has 0 aromatic carbocycles. The minimum atomic E-state index is -1.37. The summed E-state index contributed by atoms with van der Waals surface area (Å²) in [6, 6.07) is 4.22. The number of pyridine rings is 1. The third-order valence-electron chi connectivity index (χ3n) is 3.08. The predicted octanol–water partition coefficient (Wildman–Crippen LogP) is 2.52. The molecule has 0 fully saturated rings. The van der Waals surface area contributed by atoms with E-state index in [1.165, 1.54) is 12.1 Å². The topological polar surface area (TPSA) is 134 Å². The van der Waals surface area contributed by atoms with Crippen LogP contribution in [0.1, 0.15) is 21.0 Å². The zero-order valence-electron chi connectivity index (χ0n) is 12.2. The summed E-state index contributed by atoms with van der Waals surface area (Å²) in [6.45, 7) is 0. The van der Waals surface area contributed by atoms with Crippen molar-refractivity contribution < 1.29 is 14.7 Å². The van der Waals surface area contributed by atoms with Gasteiger partial charge in [0.1, 0.15) is 5.15 Å². The van der Waals surface area contributed by atoms with E-state index in [-0.39, 0.29) is 21.6 Å². The highest BCUT2D eigenvalue weighted by molar-refractivity contribution is 6.41. The molecule has 3 heterocycles. The Morgan fingerprint density at radius 3 is 2.60 bits per heavy atom. The first-order valence-electron chi connectivity index (χ1n) is 6.69. The minimum Gasteiger partial charge on any atom is -0.476 e. The van der Waals surface area contributed by atoms with E-state index in [0.717, 1.165) is 0 Å². The molecular weight excluding hydrogens is 371 g/mol. The summed E-state index contributed by atoms with van der Waals surface area (Å²) >= 11 is 11.5. The molecule has 3 aromatic rings. The molecule has 0 atom stereocenters. The van der Waals surface area contributed by atoms with Crippen molar-refractivity contribution in [2.45, 2.75) is 0 Å². The Morgan fingerprint density at radius 2 is 2.00 bits per heavy atom. The van der Waals surface area contributed by atoms with Gasteiger partial charge in [-0.1, -0.05) is 23.2 Å². The van der Waals surface area contributed by atoms with Gasteiger partial charge >= 0.3 is 5.97 Å². The molecule has 126 valence electrons. The van der Waals surface area contributed by atoms with Gasteiger partial charge in [-0.2, -0.15) is 5.10 Å². The number of carboxylic acids is 1. The molecule has 0 saturated carbocycles. The van der Waals surface area contributed by atoms with Crippen molar-refractivity contribution in [2.24, 2.45) is 0 Å². The number of nitrogens with one attached hydrogen (secondary N) is 2. The summed E-state index contributed by atoms with van der Waals surface area (Å²) < 4.78 is 0. The number of anilines is 1. The van der Waals surface area contributed by atoms with Gasteiger partial charge in [0.15, 0.2) is 11.4 Å². The number of H-pyrrole nitrogens is 1. The third kappa shape index (κ3) is 3.57. The first-order valence-corrected chi connectivity index (χ1v) is 7.45. The lowest BCUT2D eigenvalue weighted by atomic mass is 10.2. The molecule has 0 saturated heterocycles. The molecule has 0 unspecified atom stereocenters. The van der Waals surface area contributed by atoms with Crippen molar-refractivity contribution in [3.63, 3.8) is 0 Å². The maximum atomic E-state index is 12.3. The number of amides is 1. The summed E-state index contributed by atoms with van der Waals surface area (Å²) in [6.07, 6.45) is 3.19. The SMILES string of the molecule is O=C(Nc1cc(Cl)c(Cl)nc1C(=O)O)c1ccc(-c2cn[nH]c2)nn1. The average Bonchev–Trinajstić information content (AvgIpc) is 3.12. The Hall–Kier alpha value is -3.04. The second-order valence-electron chi connectivity index (χ2n) is 4.71. The third-order valence-corrected chi connectivity index (χ3v) is 3.75. The van der Waals surface area contributed by atoms with Crippen molar-refractivity contribution in [3.05, 3.63) is 52.2 Å².